The smallest absolute Gasteiger partial charge is 0.0326 e. The van der Waals surface area contributed by atoms with E-state index in [0.717, 1.165) is 5.92 Å². The Morgan fingerprint density at radius 1 is 1.12 bits per heavy atom. The van der Waals surface area contributed by atoms with E-state index in [1.54, 1.807) is 0 Å². The second-order valence-electron chi connectivity index (χ2n) is 7.03. The molecule has 0 N–H and O–H groups in total. The van der Waals surface area contributed by atoms with Gasteiger partial charge in [-0.2, -0.15) is 0 Å². The lowest BCUT2D eigenvalue weighted by molar-refractivity contribution is 0.0791. The molecule has 0 saturated heterocycles. The van der Waals surface area contributed by atoms with Crippen molar-refractivity contribution < 1.29 is 0 Å². The third-order valence-electron chi connectivity index (χ3n) is 5.34. The van der Waals surface area contributed by atoms with E-state index in [-0.39, 0.29) is 0 Å². The van der Waals surface area contributed by atoms with Gasteiger partial charge in [-0.1, -0.05) is 53.9 Å². The van der Waals surface area contributed by atoms with Crippen LogP contribution < -0.4 is 0 Å². The summed E-state index contributed by atoms with van der Waals surface area (Å²) in [5.41, 5.74) is 1.25. The Morgan fingerprint density at radius 2 is 1.69 bits per heavy atom. The molecule has 0 heteroatoms. The molecule has 0 aliphatic heterocycles. The molecular formula is C16H32. The number of hydrogen-bond acceptors (Lipinski definition) is 0. The van der Waals surface area contributed by atoms with Crippen molar-refractivity contribution >= 4 is 0 Å². The van der Waals surface area contributed by atoms with Gasteiger partial charge in [0.2, 0.25) is 0 Å². The fourth-order valence-electron chi connectivity index (χ4n) is 3.24. The van der Waals surface area contributed by atoms with Crippen molar-refractivity contribution in [3.05, 3.63) is 0 Å². The molecule has 1 aliphatic rings. The monoisotopic (exact) mass is 224 g/mol. The summed E-state index contributed by atoms with van der Waals surface area (Å²) in [6.07, 6.45) is 11.5. The first-order chi connectivity index (χ1) is 7.43. The van der Waals surface area contributed by atoms with Crippen molar-refractivity contribution in [1.29, 1.82) is 0 Å². The first-order valence-electron chi connectivity index (χ1n) is 7.43. The van der Waals surface area contributed by atoms with E-state index in [0.29, 0.717) is 10.8 Å². The predicted octanol–water partition coefficient (Wildman–Crippen LogP) is 5.81. The molecule has 16 heavy (non-hydrogen) atoms. The van der Waals surface area contributed by atoms with Crippen LogP contribution in [0.5, 0.6) is 0 Å². The van der Waals surface area contributed by atoms with Crippen LogP contribution in [0.2, 0.25) is 0 Å². The molecule has 0 atom stereocenters. The zero-order valence-corrected chi connectivity index (χ0v) is 12.2. The molecule has 0 amide bonds. The molecule has 0 spiro atoms. The quantitative estimate of drug-likeness (QED) is 0.553. The fraction of sp³-hybridized carbons (Fsp3) is 1.00. The summed E-state index contributed by atoms with van der Waals surface area (Å²) in [6.45, 7) is 12.1. The molecule has 1 aliphatic carbocycles. The lowest BCUT2D eigenvalue weighted by Crippen LogP contribution is -2.32. The number of unbranched alkanes of at least 4 members (excludes halogenated alkanes) is 1. The van der Waals surface area contributed by atoms with Crippen LogP contribution in [0.25, 0.3) is 0 Å². The molecule has 96 valence electrons. The normalized spacial score (nSPS) is 31.7. The summed E-state index contributed by atoms with van der Waals surface area (Å²) in [7, 11) is 0. The van der Waals surface area contributed by atoms with Crippen LogP contribution in [0.15, 0.2) is 0 Å². The van der Waals surface area contributed by atoms with Crippen LogP contribution in [-0.4, -0.2) is 0 Å². The average Bonchev–Trinajstić information content (AvgIpc) is 2.27. The molecule has 1 fully saturated rings. The van der Waals surface area contributed by atoms with Crippen LogP contribution in [0, 0.1) is 16.7 Å². The van der Waals surface area contributed by atoms with Gasteiger partial charge in [-0.15, -0.1) is 0 Å². The van der Waals surface area contributed by atoms with E-state index >= 15 is 0 Å². The van der Waals surface area contributed by atoms with E-state index in [1.165, 1.54) is 51.4 Å². The lowest BCUT2D eigenvalue weighted by atomic mass is 9.62. The highest BCUT2D eigenvalue weighted by atomic mass is 14.4. The average molecular weight is 224 g/mol. The van der Waals surface area contributed by atoms with Crippen LogP contribution in [0.3, 0.4) is 0 Å². The Bertz CT molecular complexity index is 194. The van der Waals surface area contributed by atoms with Crippen LogP contribution in [0.1, 0.15) is 86.0 Å². The molecule has 0 aromatic rings. The first-order valence-corrected chi connectivity index (χ1v) is 7.43. The lowest BCUT2D eigenvalue weighted by Gasteiger charge is -2.43. The van der Waals surface area contributed by atoms with Gasteiger partial charge < -0.3 is 0 Å². The van der Waals surface area contributed by atoms with Gasteiger partial charge in [0.1, 0.15) is 0 Å². The van der Waals surface area contributed by atoms with Gasteiger partial charge in [0.15, 0.2) is 0 Å². The minimum atomic E-state index is 0.575. The van der Waals surface area contributed by atoms with Crippen molar-refractivity contribution in [2.45, 2.75) is 86.0 Å². The summed E-state index contributed by atoms with van der Waals surface area (Å²) in [6, 6.07) is 0. The highest BCUT2D eigenvalue weighted by Gasteiger charge is 2.36. The Kier molecular flexibility index (Phi) is 4.88. The molecule has 0 aromatic carbocycles. The third-order valence-corrected chi connectivity index (χ3v) is 5.34. The van der Waals surface area contributed by atoms with Crippen molar-refractivity contribution in [1.82, 2.24) is 0 Å². The topological polar surface area (TPSA) is 0 Å². The summed E-state index contributed by atoms with van der Waals surface area (Å²) in [5.74, 6) is 0.979. The van der Waals surface area contributed by atoms with Gasteiger partial charge >= 0.3 is 0 Å². The van der Waals surface area contributed by atoms with Crippen molar-refractivity contribution in [2.75, 3.05) is 0 Å². The van der Waals surface area contributed by atoms with Gasteiger partial charge in [-0.3, -0.25) is 0 Å². The second kappa shape index (κ2) is 5.56. The third kappa shape index (κ3) is 3.50. The van der Waals surface area contributed by atoms with E-state index < -0.39 is 0 Å². The van der Waals surface area contributed by atoms with E-state index in [9.17, 15) is 0 Å². The SMILES string of the molecule is CCCCC1(C)CCC(C(C)(C)CC)CC1. The first kappa shape index (κ1) is 14.1. The van der Waals surface area contributed by atoms with Gasteiger partial charge in [0.05, 0.1) is 0 Å². The van der Waals surface area contributed by atoms with Gasteiger partial charge in [0.25, 0.3) is 0 Å². The van der Waals surface area contributed by atoms with Crippen molar-refractivity contribution in [3.8, 4) is 0 Å². The minimum absolute atomic E-state index is 0.575. The Labute approximate surface area is 103 Å². The molecule has 0 aromatic heterocycles. The van der Waals surface area contributed by atoms with Gasteiger partial charge in [-0.05, 0) is 48.9 Å². The highest BCUT2D eigenvalue weighted by molar-refractivity contribution is 4.87. The van der Waals surface area contributed by atoms with Crippen molar-refractivity contribution in [3.63, 3.8) is 0 Å². The van der Waals surface area contributed by atoms with E-state index in [4.69, 9.17) is 0 Å². The van der Waals surface area contributed by atoms with Gasteiger partial charge in [-0.25, -0.2) is 0 Å². The molecule has 0 nitrogen and oxygen atoms in total. The molecule has 0 heterocycles. The Hall–Kier alpha value is 0. The second-order valence-corrected chi connectivity index (χ2v) is 7.03. The van der Waals surface area contributed by atoms with E-state index in [1.807, 2.05) is 0 Å². The molecule has 0 unspecified atom stereocenters. The largest absolute Gasteiger partial charge is 0.0654 e. The zero-order valence-electron chi connectivity index (χ0n) is 12.2. The van der Waals surface area contributed by atoms with Crippen LogP contribution in [0.4, 0.5) is 0 Å². The molecular weight excluding hydrogens is 192 g/mol. The zero-order chi connectivity index (χ0) is 12.2. The van der Waals surface area contributed by atoms with Crippen LogP contribution in [-0.2, 0) is 0 Å². The fourth-order valence-corrected chi connectivity index (χ4v) is 3.24. The Morgan fingerprint density at radius 3 is 2.12 bits per heavy atom. The highest BCUT2D eigenvalue weighted by Crippen LogP contribution is 2.48. The maximum Gasteiger partial charge on any atom is -0.0326 e. The molecule has 0 radical (unpaired) electrons. The minimum Gasteiger partial charge on any atom is -0.0654 e. The summed E-state index contributed by atoms with van der Waals surface area (Å²) in [4.78, 5) is 0. The Balaban J connectivity index is 2.44. The summed E-state index contributed by atoms with van der Waals surface area (Å²) < 4.78 is 0. The summed E-state index contributed by atoms with van der Waals surface area (Å²) >= 11 is 0. The maximum atomic E-state index is 2.53. The molecule has 1 rings (SSSR count). The van der Waals surface area contributed by atoms with Crippen LogP contribution >= 0.6 is 0 Å². The number of hydrogen-bond donors (Lipinski definition) is 0. The van der Waals surface area contributed by atoms with E-state index in [2.05, 4.69) is 34.6 Å². The standard InChI is InChI=1S/C16H32/c1-6-8-11-16(5)12-9-14(10-13-16)15(3,4)7-2/h14H,6-13H2,1-5H3. The molecule has 1 saturated carbocycles. The van der Waals surface area contributed by atoms with Gasteiger partial charge in [0, 0.05) is 0 Å². The predicted molar refractivity (Wildman–Crippen MR) is 73.7 cm³/mol. The number of rotatable bonds is 5. The molecule has 0 bridgehead atoms. The van der Waals surface area contributed by atoms with Crippen molar-refractivity contribution in [2.24, 2.45) is 16.7 Å². The summed E-state index contributed by atoms with van der Waals surface area (Å²) in [5, 5.41) is 0. The maximum absolute atomic E-state index is 2.53.